The fourth-order valence-corrected chi connectivity index (χ4v) is 4.18. The van der Waals surface area contributed by atoms with Gasteiger partial charge in [-0.15, -0.1) is 0 Å². The van der Waals surface area contributed by atoms with Crippen LogP contribution < -0.4 is 19.7 Å². The molecular formula is C25H17BrCl2N2O5. The van der Waals surface area contributed by atoms with Crippen molar-refractivity contribution < 1.29 is 23.9 Å². The van der Waals surface area contributed by atoms with Crippen molar-refractivity contribution in [3.05, 3.63) is 91.9 Å². The molecule has 10 heteroatoms. The molecule has 0 unspecified atom stereocenters. The van der Waals surface area contributed by atoms with E-state index in [4.69, 9.17) is 32.7 Å². The minimum absolute atomic E-state index is 0.129. The second kappa shape index (κ2) is 10.5. The van der Waals surface area contributed by atoms with Gasteiger partial charge in [0.05, 0.1) is 12.8 Å². The maximum atomic E-state index is 13.2. The number of nitrogens with one attached hydrogen (secondary N) is 1. The number of imide groups is 2. The van der Waals surface area contributed by atoms with Crippen LogP contribution in [0.5, 0.6) is 11.5 Å². The van der Waals surface area contributed by atoms with Crippen LogP contribution in [-0.4, -0.2) is 25.0 Å². The molecule has 3 aromatic carbocycles. The summed E-state index contributed by atoms with van der Waals surface area (Å²) < 4.78 is 11.8. The molecule has 3 aromatic rings. The van der Waals surface area contributed by atoms with Crippen molar-refractivity contribution in [2.45, 2.75) is 6.61 Å². The molecule has 1 N–H and O–H groups in total. The van der Waals surface area contributed by atoms with E-state index in [-0.39, 0.29) is 17.9 Å². The normalized spacial score (nSPS) is 14.8. The molecule has 0 atom stereocenters. The van der Waals surface area contributed by atoms with Crippen LogP contribution in [-0.2, 0) is 16.2 Å². The summed E-state index contributed by atoms with van der Waals surface area (Å²) in [5.74, 6) is -0.616. The zero-order chi connectivity index (χ0) is 25.1. The minimum Gasteiger partial charge on any atom is -0.497 e. The third-order valence-electron chi connectivity index (χ3n) is 5.10. The predicted octanol–water partition coefficient (Wildman–Crippen LogP) is 6.01. The van der Waals surface area contributed by atoms with Gasteiger partial charge in [-0.1, -0.05) is 45.2 Å². The Hall–Kier alpha value is -3.33. The first-order valence-electron chi connectivity index (χ1n) is 10.2. The number of carbonyl (C=O) groups excluding carboxylic acids is 3. The number of nitrogens with zero attached hydrogens (tertiary/aromatic N) is 1. The van der Waals surface area contributed by atoms with Gasteiger partial charge in [0.25, 0.3) is 11.8 Å². The van der Waals surface area contributed by atoms with E-state index < -0.39 is 17.8 Å². The molecule has 178 valence electrons. The highest BCUT2D eigenvalue weighted by Crippen LogP contribution is 2.30. The Bertz CT molecular complexity index is 1360. The minimum atomic E-state index is -0.842. The smallest absolute Gasteiger partial charge is 0.335 e. The standard InChI is InChI=1S/C25H17BrCl2N2O5/c1-34-19-7-5-18(6-8-19)30-24(32)20(23(31)29-25(30)33)11-15-10-16(26)3-9-22(15)35-13-14-2-4-17(27)12-21(14)28/h2-12H,13H2,1H3,(H,29,31,33)/b20-11+. The molecule has 7 nitrogen and oxygen atoms in total. The number of anilines is 1. The summed E-state index contributed by atoms with van der Waals surface area (Å²) in [7, 11) is 1.51. The first kappa shape index (κ1) is 24.8. The zero-order valence-electron chi connectivity index (χ0n) is 18.2. The van der Waals surface area contributed by atoms with E-state index in [1.807, 2.05) is 0 Å². The van der Waals surface area contributed by atoms with Gasteiger partial charge in [-0.3, -0.25) is 14.9 Å². The van der Waals surface area contributed by atoms with E-state index in [2.05, 4.69) is 21.2 Å². The zero-order valence-corrected chi connectivity index (χ0v) is 21.3. The molecule has 4 rings (SSSR count). The van der Waals surface area contributed by atoms with Gasteiger partial charge in [-0.2, -0.15) is 0 Å². The largest absolute Gasteiger partial charge is 0.497 e. The van der Waals surface area contributed by atoms with Crippen LogP contribution >= 0.6 is 39.1 Å². The fraction of sp³-hybridized carbons (Fsp3) is 0.0800. The Balaban J connectivity index is 1.66. The molecule has 1 heterocycles. The number of carbonyl (C=O) groups is 3. The Labute approximate surface area is 219 Å². The number of barbiturate groups is 1. The van der Waals surface area contributed by atoms with E-state index in [1.54, 1.807) is 60.7 Å². The van der Waals surface area contributed by atoms with Crippen LogP contribution in [0.15, 0.2) is 70.7 Å². The van der Waals surface area contributed by atoms with Crippen LogP contribution in [0.4, 0.5) is 10.5 Å². The molecule has 4 amide bonds. The number of amides is 4. The van der Waals surface area contributed by atoms with Crippen molar-refractivity contribution in [1.29, 1.82) is 0 Å². The lowest BCUT2D eigenvalue weighted by molar-refractivity contribution is -0.122. The summed E-state index contributed by atoms with van der Waals surface area (Å²) in [5.41, 5.74) is 1.22. The second-order valence-corrected chi connectivity index (χ2v) is 9.12. The summed E-state index contributed by atoms with van der Waals surface area (Å²) in [6.07, 6.45) is 1.38. The van der Waals surface area contributed by atoms with Gasteiger partial charge < -0.3 is 9.47 Å². The third kappa shape index (κ3) is 5.51. The molecule has 0 radical (unpaired) electrons. The average molecular weight is 576 g/mol. The lowest BCUT2D eigenvalue weighted by atomic mass is 10.1. The van der Waals surface area contributed by atoms with Crippen LogP contribution in [0, 0.1) is 0 Å². The van der Waals surface area contributed by atoms with E-state index >= 15 is 0 Å². The molecule has 0 saturated carbocycles. The summed E-state index contributed by atoms with van der Waals surface area (Å²) in [4.78, 5) is 39.2. The number of hydrogen-bond acceptors (Lipinski definition) is 5. The quantitative estimate of drug-likeness (QED) is 0.287. The summed E-state index contributed by atoms with van der Waals surface area (Å²) in [6.45, 7) is 0.129. The van der Waals surface area contributed by atoms with Gasteiger partial charge in [0.2, 0.25) is 0 Å². The number of hydrogen-bond donors (Lipinski definition) is 1. The van der Waals surface area contributed by atoms with Crippen molar-refractivity contribution in [3.63, 3.8) is 0 Å². The van der Waals surface area contributed by atoms with Crippen molar-refractivity contribution in [1.82, 2.24) is 5.32 Å². The number of benzene rings is 3. The van der Waals surface area contributed by atoms with Gasteiger partial charge in [0.1, 0.15) is 23.7 Å². The van der Waals surface area contributed by atoms with Crippen molar-refractivity contribution >= 4 is 68.7 Å². The molecule has 0 spiro atoms. The number of halogens is 3. The fourth-order valence-electron chi connectivity index (χ4n) is 3.34. The number of ether oxygens (including phenoxy) is 2. The Morgan fingerprint density at radius 3 is 2.43 bits per heavy atom. The van der Waals surface area contributed by atoms with E-state index in [1.165, 1.54) is 13.2 Å². The summed E-state index contributed by atoms with van der Waals surface area (Å²) in [6, 6.07) is 15.7. The average Bonchev–Trinajstić information content (AvgIpc) is 2.82. The van der Waals surface area contributed by atoms with Crippen molar-refractivity contribution in [2.75, 3.05) is 12.0 Å². The van der Waals surface area contributed by atoms with Gasteiger partial charge >= 0.3 is 6.03 Å². The van der Waals surface area contributed by atoms with E-state index in [0.29, 0.717) is 37.1 Å². The maximum Gasteiger partial charge on any atom is 0.335 e. The monoisotopic (exact) mass is 574 g/mol. The topological polar surface area (TPSA) is 84.9 Å². The molecule has 0 bridgehead atoms. The first-order valence-corrected chi connectivity index (χ1v) is 11.7. The maximum absolute atomic E-state index is 13.2. The Morgan fingerprint density at radius 2 is 1.74 bits per heavy atom. The highest BCUT2D eigenvalue weighted by molar-refractivity contribution is 9.10. The highest BCUT2D eigenvalue weighted by Gasteiger charge is 2.37. The second-order valence-electron chi connectivity index (χ2n) is 7.36. The number of methoxy groups -OCH3 is 1. The molecule has 1 aliphatic heterocycles. The third-order valence-corrected chi connectivity index (χ3v) is 6.18. The lowest BCUT2D eigenvalue weighted by Crippen LogP contribution is -2.54. The molecule has 1 fully saturated rings. The number of rotatable bonds is 6. The van der Waals surface area contributed by atoms with Gasteiger partial charge in [-0.05, 0) is 60.7 Å². The van der Waals surface area contributed by atoms with Crippen LogP contribution in [0.1, 0.15) is 11.1 Å². The molecule has 1 aliphatic rings. The molecular weight excluding hydrogens is 559 g/mol. The van der Waals surface area contributed by atoms with Crippen LogP contribution in [0.2, 0.25) is 10.0 Å². The summed E-state index contributed by atoms with van der Waals surface area (Å²) in [5, 5.41) is 3.16. The van der Waals surface area contributed by atoms with Gasteiger partial charge in [0, 0.05) is 25.6 Å². The SMILES string of the molecule is COc1ccc(N2C(=O)NC(=O)/C(=C\c3cc(Br)ccc3OCc3ccc(Cl)cc3Cl)C2=O)cc1. The number of urea groups is 1. The van der Waals surface area contributed by atoms with Crippen LogP contribution in [0.25, 0.3) is 6.08 Å². The Morgan fingerprint density at radius 1 is 1.00 bits per heavy atom. The van der Waals surface area contributed by atoms with Gasteiger partial charge in [0.15, 0.2) is 0 Å². The van der Waals surface area contributed by atoms with Crippen LogP contribution in [0.3, 0.4) is 0 Å². The molecule has 1 saturated heterocycles. The van der Waals surface area contributed by atoms with E-state index in [9.17, 15) is 14.4 Å². The summed E-state index contributed by atoms with van der Waals surface area (Å²) >= 11 is 15.6. The lowest BCUT2D eigenvalue weighted by Gasteiger charge is -2.26. The van der Waals surface area contributed by atoms with Crippen molar-refractivity contribution in [3.8, 4) is 11.5 Å². The molecule has 35 heavy (non-hydrogen) atoms. The van der Waals surface area contributed by atoms with Crippen molar-refractivity contribution in [2.24, 2.45) is 0 Å². The first-order chi connectivity index (χ1) is 16.8. The molecule has 0 aliphatic carbocycles. The molecule has 0 aromatic heterocycles. The highest BCUT2D eigenvalue weighted by atomic mass is 79.9. The predicted molar refractivity (Wildman–Crippen MR) is 137 cm³/mol. The van der Waals surface area contributed by atoms with Gasteiger partial charge in [-0.25, -0.2) is 9.69 Å². The Kier molecular flexibility index (Phi) is 7.45. The van der Waals surface area contributed by atoms with E-state index in [0.717, 1.165) is 4.90 Å².